The van der Waals surface area contributed by atoms with Gasteiger partial charge in [0.05, 0.1) is 5.69 Å². The predicted octanol–water partition coefficient (Wildman–Crippen LogP) is 1.26. The Bertz CT molecular complexity index is 253. The molecule has 1 aromatic rings. The maximum Gasteiger partial charge on any atom is 0.108 e. The van der Waals surface area contributed by atoms with Gasteiger partial charge >= 0.3 is 0 Å². The Labute approximate surface area is 80.0 Å². The van der Waals surface area contributed by atoms with Crippen LogP contribution in [0.4, 0.5) is 0 Å². The lowest BCUT2D eigenvalue weighted by Gasteiger charge is -1.97. The highest BCUT2D eigenvalue weighted by Crippen LogP contribution is 2.05. The van der Waals surface area contributed by atoms with E-state index in [0.717, 1.165) is 18.5 Å². The van der Waals surface area contributed by atoms with Crippen molar-refractivity contribution in [1.82, 2.24) is 9.55 Å². The van der Waals surface area contributed by atoms with Gasteiger partial charge in [-0.2, -0.15) is 0 Å². The molecule has 74 valence electrons. The van der Waals surface area contributed by atoms with Crippen molar-refractivity contribution >= 4 is 0 Å². The molecule has 1 rings (SSSR count). The van der Waals surface area contributed by atoms with Gasteiger partial charge in [-0.25, -0.2) is 4.98 Å². The van der Waals surface area contributed by atoms with Crippen LogP contribution in [0.25, 0.3) is 0 Å². The van der Waals surface area contributed by atoms with Gasteiger partial charge in [-0.15, -0.1) is 0 Å². The molecule has 0 unspecified atom stereocenters. The molecule has 3 nitrogen and oxygen atoms in total. The van der Waals surface area contributed by atoms with Crippen LogP contribution in [0.1, 0.15) is 31.3 Å². The minimum absolute atomic E-state index is 0.685. The maximum absolute atomic E-state index is 5.47. The van der Waals surface area contributed by atoms with E-state index in [1.54, 1.807) is 0 Å². The SMILES string of the molecule is CCCCc1nc(CCN)cn1C. The minimum atomic E-state index is 0.685. The van der Waals surface area contributed by atoms with Crippen LogP contribution < -0.4 is 5.73 Å². The summed E-state index contributed by atoms with van der Waals surface area (Å²) >= 11 is 0. The third-order valence-corrected chi connectivity index (χ3v) is 2.18. The molecule has 0 saturated heterocycles. The lowest BCUT2D eigenvalue weighted by molar-refractivity contribution is 0.711. The fraction of sp³-hybridized carbons (Fsp3) is 0.700. The number of hydrogen-bond acceptors (Lipinski definition) is 2. The van der Waals surface area contributed by atoms with Gasteiger partial charge in [0.15, 0.2) is 0 Å². The molecule has 2 N–H and O–H groups in total. The number of aryl methyl sites for hydroxylation is 2. The van der Waals surface area contributed by atoms with Crippen LogP contribution >= 0.6 is 0 Å². The Morgan fingerprint density at radius 1 is 1.46 bits per heavy atom. The Balaban J connectivity index is 2.60. The quantitative estimate of drug-likeness (QED) is 0.743. The highest BCUT2D eigenvalue weighted by molar-refractivity contribution is 5.04. The summed E-state index contributed by atoms with van der Waals surface area (Å²) in [5.74, 6) is 1.19. The van der Waals surface area contributed by atoms with Crippen LogP contribution in [-0.2, 0) is 19.9 Å². The van der Waals surface area contributed by atoms with Crippen molar-refractivity contribution in [2.24, 2.45) is 12.8 Å². The first-order valence-electron chi connectivity index (χ1n) is 4.99. The van der Waals surface area contributed by atoms with E-state index in [0.29, 0.717) is 6.54 Å². The summed E-state index contributed by atoms with van der Waals surface area (Å²) in [4.78, 5) is 4.52. The standard InChI is InChI=1S/C10H19N3/c1-3-4-5-10-12-9(6-7-11)8-13(10)2/h8H,3-7,11H2,1-2H3. The maximum atomic E-state index is 5.47. The molecule has 0 aromatic carbocycles. The second-order valence-electron chi connectivity index (χ2n) is 3.40. The summed E-state index contributed by atoms with van der Waals surface area (Å²) in [7, 11) is 2.05. The smallest absolute Gasteiger partial charge is 0.108 e. The summed E-state index contributed by atoms with van der Waals surface area (Å²) in [5, 5.41) is 0. The molecule has 13 heavy (non-hydrogen) atoms. The summed E-state index contributed by atoms with van der Waals surface area (Å²) in [6.07, 6.45) is 6.49. The fourth-order valence-electron chi connectivity index (χ4n) is 1.41. The molecule has 0 radical (unpaired) electrons. The number of unbranched alkanes of at least 4 members (excludes halogenated alkanes) is 1. The first-order valence-corrected chi connectivity index (χ1v) is 4.99. The lowest BCUT2D eigenvalue weighted by Crippen LogP contribution is -2.02. The zero-order valence-electron chi connectivity index (χ0n) is 8.58. The van der Waals surface area contributed by atoms with Gasteiger partial charge in [-0.1, -0.05) is 13.3 Å². The number of nitrogens with two attached hydrogens (primary N) is 1. The van der Waals surface area contributed by atoms with E-state index in [1.165, 1.54) is 18.7 Å². The Morgan fingerprint density at radius 3 is 2.85 bits per heavy atom. The van der Waals surface area contributed by atoms with Crippen LogP contribution in [0.15, 0.2) is 6.20 Å². The van der Waals surface area contributed by atoms with Crippen molar-refractivity contribution in [1.29, 1.82) is 0 Å². The molecule has 1 aromatic heterocycles. The summed E-state index contributed by atoms with van der Waals surface area (Å²) in [6, 6.07) is 0. The molecule has 0 aliphatic carbocycles. The number of rotatable bonds is 5. The van der Waals surface area contributed by atoms with Gasteiger partial charge in [0, 0.05) is 26.1 Å². The van der Waals surface area contributed by atoms with E-state index in [4.69, 9.17) is 5.73 Å². The minimum Gasteiger partial charge on any atom is -0.338 e. The van der Waals surface area contributed by atoms with Crippen LogP contribution in [0.3, 0.4) is 0 Å². The topological polar surface area (TPSA) is 43.8 Å². The van der Waals surface area contributed by atoms with Crippen molar-refractivity contribution in [3.8, 4) is 0 Å². The van der Waals surface area contributed by atoms with E-state index in [2.05, 4.69) is 29.7 Å². The summed E-state index contributed by atoms with van der Waals surface area (Å²) in [6.45, 7) is 2.88. The molecular formula is C10H19N3. The van der Waals surface area contributed by atoms with E-state index < -0.39 is 0 Å². The monoisotopic (exact) mass is 181 g/mol. The molecule has 0 atom stereocenters. The number of hydrogen-bond donors (Lipinski definition) is 1. The summed E-state index contributed by atoms with van der Waals surface area (Å²) < 4.78 is 2.11. The van der Waals surface area contributed by atoms with Crippen molar-refractivity contribution in [3.05, 3.63) is 17.7 Å². The van der Waals surface area contributed by atoms with E-state index in [9.17, 15) is 0 Å². The van der Waals surface area contributed by atoms with Crippen molar-refractivity contribution in [3.63, 3.8) is 0 Å². The second kappa shape index (κ2) is 5.02. The van der Waals surface area contributed by atoms with Crippen LogP contribution in [0, 0.1) is 0 Å². The van der Waals surface area contributed by atoms with Gasteiger partial charge < -0.3 is 10.3 Å². The highest BCUT2D eigenvalue weighted by atomic mass is 15.0. The van der Waals surface area contributed by atoms with Crippen molar-refractivity contribution < 1.29 is 0 Å². The van der Waals surface area contributed by atoms with Gasteiger partial charge in [0.25, 0.3) is 0 Å². The first kappa shape index (κ1) is 10.3. The van der Waals surface area contributed by atoms with Crippen LogP contribution in [-0.4, -0.2) is 16.1 Å². The first-order chi connectivity index (χ1) is 6.27. The van der Waals surface area contributed by atoms with E-state index in [1.807, 2.05) is 0 Å². The molecular weight excluding hydrogens is 162 g/mol. The number of aromatic nitrogens is 2. The largest absolute Gasteiger partial charge is 0.338 e. The number of nitrogens with zero attached hydrogens (tertiary/aromatic N) is 2. The molecule has 0 amide bonds. The third kappa shape index (κ3) is 2.84. The predicted molar refractivity (Wildman–Crippen MR) is 54.6 cm³/mol. The van der Waals surface area contributed by atoms with Gasteiger partial charge in [-0.05, 0) is 13.0 Å². The third-order valence-electron chi connectivity index (χ3n) is 2.18. The fourth-order valence-corrected chi connectivity index (χ4v) is 1.41. The number of imidazole rings is 1. The average Bonchev–Trinajstić information content (AvgIpc) is 2.44. The molecule has 0 bridgehead atoms. The highest BCUT2D eigenvalue weighted by Gasteiger charge is 2.03. The molecule has 0 spiro atoms. The van der Waals surface area contributed by atoms with Gasteiger partial charge in [-0.3, -0.25) is 0 Å². The molecule has 0 aliphatic rings. The van der Waals surface area contributed by atoms with Crippen LogP contribution in [0.5, 0.6) is 0 Å². The van der Waals surface area contributed by atoms with Gasteiger partial charge in [0.1, 0.15) is 5.82 Å². The second-order valence-corrected chi connectivity index (χ2v) is 3.40. The molecule has 3 heteroatoms. The summed E-state index contributed by atoms with van der Waals surface area (Å²) in [5.41, 5.74) is 6.59. The van der Waals surface area contributed by atoms with E-state index in [-0.39, 0.29) is 0 Å². The Kier molecular flexibility index (Phi) is 3.96. The lowest BCUT2D eigenvalue weighted by atomic mass is 10.2. The van der Waals surface area contributed by atoms with Crippen molar-refractivity contribution in [2.75, 3.05) is 6.54 Å². The molecule has 0 aliphatic heterocycles. The van der Waals surface area contributed by atoms with Crippen molar-refractivity contribution in [2.45, 2.75) is 32.6 Å². The van der Waals surface area contributed by atoms with Crippen LogP contribution in [0.2, 0.25) is 0 Å². The average molecular weight is 181 g/mol. The zero-order valence-corrected chi connectivity index (χ0v) is 8.58. The zero-order chi connectivity index (χ0) is 9.68. The van der Waals surface area contributed by atoms with E-state index >= 15 is 0 Å². The van der Waals surface area contributed by atoms with Gasteiger partial charge in [0.2, 0.25) is 0 Å². The normalized spacial score (nSPS) is 10.7. The molecule has 0 fully saturated rings. The molecule has 0 saturated carbocycles. The molecule has 1 heterocycles. The Hall–Kier alpha value is -0.830. The Morgan fingerprint density at radius 2 is 2.23 bits per heavy atom.